The van der Waals surface area contributed by atoms with Gasteiger partial charge >= 0.3 is 0 Å². The molecule has 0 bridgehead atoms. The lowest BCUT2D eigenvalue weighted by Gasteiger charge is -2.20. The van der Waals surface area contributed by atoms with Crippen molar-refractivity contribution in [1.82, 2.24) is 24.6 Å². The molecule has 0 spiro atoms. The van der Waals surface area contributed by atoms with E-state index >= 15 is 0 Å². The van der Waals surface area contributed by atoms with Gasteiger partial charge < -0.3 is 19.4 Å². The van der Waals surface area contributed by atoms with Crippen LogP contribution < -0.4 is 14.8 Å². The minimum Gasteiger partial charge on any atom is -0.497 e. The summed E-state index contributed by atoms with van der Waals surface area (Å²) in [6, 6.07) is 14.9. The molecule has 0 aliphatic heterocycles. The number of benzene rings is 2. The van der Waals surface area contributed by atoms with Crippen molar-refractivity contribution >= 4 is 12.0 Å². The van der Waals surface area contributed by atoms with Crippen molar-refractivity contribution in [3.8, 4) is 17.2 Å². The number of methoxy groups -OCH3 is 2. The summed E-state index contributed by atoms with van der Waals surface area (Å²) in [4.78, 5) is 17.6. The highest BCUT2D eigenvalue weighted by Gasteiger charge is 2.22. The number of nitrogens with one attached hydrogen (secondary N) is 1. The molecule has 0 saturated carbocycles. The fourth-order valence-electron chi connectivity index (χ4n) is 4.01. The van der Waals surface area contributed by atoms with Crippen LogP contribution in [0.4, 0.5) is 0 Å². The van der Waals surface area contributed by atoms with Crippen LogP contribution in [0.2, 0.25) is 0 Å². The zero-order valence-electron chi connectivity index (χ0n) is 20.5. The van der Waals surface area contributed by atoms with Gasteiger partial charge in [-0.2, -0.15) is 5.10 Å². The van der Waals surface area contributed by atoms with Crippen molar-refractivity contribution in [2.45, 2.75) is 19.9 Å². The first-order valence-corrected chi connectivity index (χ1v) is 11.2. The van der Waals surface area contributed by atoms with Crippen molar-refractivity contribution in [1.29, 1.82) is 0 Å². The molecule has 8 heteroatoms. The first kappa shape index (κ1) is 23.8. The molecular formula is C27H29N5O3. The van der Waals surface area contributed by atoms with E-state index in [1.165, 1.54) is 6.08 Å². The summed E-state index contributed by atoms with van der Waals surface area (Å²) in [5.41, 5.74) is 4.46. The predicted molar refractivity (Wildman–Crippen MR) is 135 cm³/mol. The smallest absolute Gasteiger partial charge is 0.244 e. The monoisotopic (exact) mass is 471 g/mol. The average Bonchev–Trinajstić information content (AvgIpc) is 3.43. The van der Waals surface area contributed by atoms with Crippen LogP contribution in [0, 0.1) is 13.8 Å². The van der Waals surface area contributed by atoms with Crippen LogP contribution in [0.25, 0.3) is 11.8 Å². The number of nitrogens with zero attached hydrogens (tertiary/aromatic N) is 4. The Morgan fingerprint density at radius 3 is 2.34 bits per heavy atom. The third kappa shape index (κ3) is 5.11. The second-order valence-corrected chi connectivity index (χ2v) is 8.15. The zero-order chi connectivity index (χ0) is 24.9. The maximum Gasteiger partial charge on any atom is 0.244 e. The van der Waals surface area contributed by atoms with Gasteiger partial charge in [0, 0.05) is 42.8 Å². The summed E-state index contributed by atoms with van der Waals surface area (Å²) in [6.07, 6.45) is 6.87. The highest BCUT2D eigenvalue weighted by molar-refractivity contribution is 5.92. The van der Waals surface area contributed by atoms with E-state index in [9.17, 15) is 4.79 Å². The molecule has 0 fully saturated rings. The maximum absolute atomic E-state index is 13.1. The summed E-state index contributed by atoms with van der Waals surface area (Å²) in [6.45, 7) is 3.92. The molecule has 35 heavy (non-hydrogen) atoms. The number of carbonyl (C=O) groups excluding carboxylic acids is 1. The van der Waals surface area contributed by atoms with Gasteiger partial charge in [-0.1, -0.05) is 18.2 Å². The molecule has 0 saturated heterocycles. The van der Waals surface area contributed by atoms with Gasteiger partial charge in [-0.05, 0) is 49.8 Å². The van der Waals surface area contributed by atoms with Crippen molar-refractivity contribution in [3.63, 3.8) is 0 Å². The number of aromatic nitrogens is 4. The SMILES string of the molecule is COc1cc(OC)cc([C@@H](NC(=O)/C=C/c2c(C)nn(-c3ccccc3)c2C)c2nccn2C)c1. The molecule has 2 aromatic carbocycles. The molecule has 0 unspecified atom stereocenters. The van der Waals surface area contributed by atoms with Gasteiger partial charge in [-0.3, -0.25) is 4.79 Å². The molecular weight excluding hydrogens is 442 g/mol. The van der Waals surface area contributed by atoms with E-state index in [-0.39, 0.29) is 5.91 Å². The summed E-state index contributed by atoms with van der Waals surface area (Å²) in [7, 11) is 5.07. The second kappa shape index (κ2) is 10.3. The number of ether oxygens (including phenoxy) is 2. The number of para-hydroxylation sites is 1. The van der Waals surface area contributed by atoms with Crippen LogP contribution >= 0.6 is 0 Å². The normalized spacial score (nSPS) is 12.0. The Bertz CT molecular complexity index is 1330. The Kier molecular flexibility index (Phi) is 7.01. The molecule has 1 N–H and O–H groups in total. The molecule has 2 aromatic heterocycles. The number of hydrogen-bond acceptors (Lipinski definition) is 5. The highest BCUT2D eigenvalue weighted by atomic mass is 16.5. The molecule has 1 atom stereocenters. The van der Waals surface area contributed by atoms with Crippen molar-refractivity contribution in [2.75, 3.05) is 14.2 Å². The van der Waals surface area contributed by atoms with Gasteiger partial charge in [0.1, 0.15) is 23.4 Å². The number of imidazole rings is 1. The second-order valence-electron chi connectivity index (χ2n) is 8.15. The Morgan fingerprint density at radius 1 is 1.06 bits per heavy atom. The molecule has 4 aromatic rings. The molecule has 8 nitrogen and oxygen atoms in total. The number of aryl methyl sites for hydroxylation is 2. The molecule has 0 radical (unpaired) electrons. The summed E-state index contributed by atoms with van der Waals surface area (Å²) >= 11 is 0. The van der Waals surface area contributed by atoms with E-state index in [1.54, 1.807) is 32.6 Å². The topological polar surface area (TPSA) is 83.2 Å². The quantitative estimate of drug-likeness (QED) is 0.390. The Morgan fingerprint density at radius 2 is 1.74 bits per heavy atom. The summed E-state index contributed by atoms with van der Waals surface area (Å²) < 4.78 is 14.6. The van der Waals surface area contributed by atoms with Crippen LogP contribution in [0.5, 0.6) is 11.5 Å². The minimum absolute atomic E-state index is 0.258. The van der Waals surface area contributed by atoms with E-state index in [0.717, 1.165) is 28.2 Å². The lowest BCUT2D eigenvalue weighted by atomic mass is 10.0. The van der Waals surface area contributed by atoms with E-state index in [2.05, 4.69) is 15.4 Å². The minimum atomic E-state index is -0.509. The van der Waals surface area contributed by atoms with E-state index in [4.69, 9.17) is 9.47 Å². The third-order valence-corrected chi connectivity index (χ3v) is 5.86. The lowest BCUT2D eigenvalue weighted by Crippen LogP contribution is -2.29. The Hall–Kier alpha value is -4.33. The standard InChI is InChI=1S/C27H29N5O3/c1-18-24(19(2)32(30-18)21-9-7-6-8-10-21)11-12-25(33)29-26(27-28-13-14-31(27)3)20-15-22(34-4)17-23(16-20)35-5/h6-17,26H,1-5H3,(H,29,33)/b12-11+/t26-/m1/s1. The van der Waals surface area contributed by atoms with Gasteiger partial charge in [-0.25, -0.2) is 9.67 Å². The molecule has 4 rings (SSSR count). The average molecular weight is 472 g/mol. The molecule has 180 valence electrons. The summed E-state index contributed by atoms with van der Waals surface area (Å²) in [5.74, 6) is 1.68. The number of carbonyl (C=O) groups is 1. The molecule has 0 aliphatic carbocycles. The van der Waals surface area contributed by atoms with Crippen LogP contribution in [-0.4, -0.2) is 39.5 Å². The fourth-order valence-corrected chi connectivity index (χ4v) is 4.01. The Balaban J connectivity index is 1.63. The van der Waals surface area contributed by atoms with Crippen LogP contribution in [0.1, 0.15) is 34.4 Å². The van der Waals surface area contributed by atoms with E-state index in [0.29, 0.717) is 17.3 Å². The number of amides is 1. The fraction of sp³-hybridized carbons (Fsp3) is 0.222. The zero-order valence-corrected chi connectivity index (χ0v) is 20.5. The van der Waals surface area contributed by atoms with Gasteiger partial charge in [0.2, 0.25) is 5.91 Å². The third-order valence-electron chi connectivity index (χ3n) is 5.86. The largest absolute Gasteiger partial charge is 0.497 e. The molecule has 2 heterocycles. The maximum atomic E-state index is 13.1. The number of hydrogen-bond donors (Lipinski definition) is 1. The summed E-state index contributed by atoms with van der Waals surface area (Å²) in [5, 5.41) is 7.73. The molecule has 0 aliphatic rings. The van der Waals surface area contributed by atoms with Crippen LogP contribution in [0.15, 0.2) is 67.0 Å². The van der Waals surface area contributed by atoms with Gasteiger partial charge in [0.25, 0.3) is 0 Å². The van der Waals surface area contributed by atoms with Crippen molar-refractivity contribution in [2.24, 2.45) is 7.05 Å². The van der Waals surface area contributed by atoms with Gasteiger partial charge in [-0.15, -0.1) is 0 Å². The number of rotatable bonds is 8. The Labute approximate surface area is 204 Å². The molecule has 1 amide bonds. The highest BCUT2D eigenvalue weighted by Crippen LogP contribution is 2.29. The predicted octanol–water partition coefficient (Wildman–Crippen LogP) is 4.16. The van der Waals surface area contributed by atoms with E-state index < -0.39 is 6.04 Å². The van der Waals surface area contributed by atoms with Gasteiger partial charge in [0.15, 0.2) is 0 Å². The van der Waals surface area contributed by atoms with Crippen molar-refractivity contribution < 1.29 is 14.3 Å². The lowest BCUT2D eigenvalue weighted by molar-refractivity contribution is -0.117. The van der Waals surface area contributed by atoms with E-state index in [1.807, 2.05) is 78.8 Å². The van der Waals surface area contributed by atoms with Crippen molar-refractivity contribution in [3.05, 3.63) is 95.3 Å². The van der Waals surface area contributed by atoms with Crippen LogP contribution in [-0.2, 0) is 11.8 Å². The first-order valence-electron chi connectivity index (χ1n) is 11.2. The van der Waals surface area contributed by atoms with Crippen LogP contribution in [0.3, 0.4) is 0 Å². The van der Waals surface area contributed by atoms with Gasteiger partial charge in [0.05, 0.1) is 25.6 Å². The first-order chi connectivity index (χ1) is 16.9.